The van der Waals surface area contributed by atoms with E-state index in [-0.39, 0.29) is 12.4 Å². The van der Waals surface area contributed by atoms with E-state index in [9.17, 15) is 4.79 Å². The van der Waals surface area contributed by atoms with Gasteiger partial charge in [0.2, 0.25) is 0 Å². The van der Waals surface area contributed by atoms with Crippen LogP contribution in [0, 0.1) is 5.92 Å². The number of ether oxygens (including phenoxy) is 1. The molecule has 3 heterocycles. The Bertz CT molecular complexity index is 275. The Labute approximate surface area is 102 Å². The van der Waals surface area contributed by atoms with Crippen molar-refractivity contribution < 1.29 is 21.9 Å². The molecule has 3 aliphatic heterocycles. The predicted molar refractivity (Wildman–Crippen MR) is 56.8 cm³/mol. The van der Waals surface area contributed by atoms with Gasteiger partial charge in [-0.2, -0.15) is 5.10 Å². The topological polar surface area (TPSA) is 53.9 Å². The van der Waals surface area contributed by atoms with Crippen molar-refractivity contribution in [3.05, 3.63) is 0 Å². The van der Waals surface area contributed by atoms with Crippen molar-refractivity contribution in [2.75, 3.05) is 26.2 Å². The molecule has 0 aromatic rings. The van der Waals surface area contributed by atoms with Crippen LogP contribution in [0.3, 0.4) is 0 Å². The van der Waals surface area contributed by atoms with Gasteiger partial charge in [-0.05, 0) is 32.9 Å². The molecule has 5 nitrogen and oxygen atoms in total. The van der Waals surface area contributed by atoms with E-state index in [0.29, 0.717) is 12.5 Å². The zero-order chi connectivity index (χ0) is 10.7. The van der Waals surface area contributed by atoms with Crippen molar-refractivity contribution in [1.82, 2.24) is 10.3 Å². The summed E-state index contributed by atoms with van der Waals surface area (Å²) in [7, 11) is 0. The van der Waals surface area contributed by atoms with Gasteiger partial charge in [0.15, 0.2) is 0 Å². The van der Waals surface area contributed by atoms with Crippen LogP contribution in [-0.2, 0) is 4.74 Å². The molecule has 0 spiro atoms. The molecule has 6 heteroatoms. The maximum absolute atomic E-state index is 11.0. The van der Waals surface area contributed by atoms with Gasteiger partial charge in [-0.1, -0.05) is 0 Å². The van der Waals surface area contributed by atoms with Crippen molar-refractivity contribution in [3.8, 4) is 0 Å². The van der Waals surface area contributed by atoms with Crippen LogP contribution in [-0.4, -0.2) is 42.9 Å². The summed E-state index contributed by atoms with van der Waals surface area (Å²) in [5.74, 6) is 0.567. The Morgan fingerprint density at radius 1 is 1.56 bits per heavy atom. The normalized spacial score (nSPS) is 29.7. The summed E-state index contributed by atoms with van der Waals surface area (Å²) in [6.07, 6.45) is 1.88. The molecule has 2 bridgehead atoms. The van der Waals surface area contributed by atoms with Gasteiger partial charge in [0, 0.05) is 12.5 Å². The number of rotatable bonds is 2. The van der Waals surface area contributed by atoms with Crippen LogP contribution >= 0.6 is 0 Å². The van der Waals surface area contributed by atoms with Gasteiger partial charge < -0.3 is 17.1 Å². The summed E-state index contributed by atoms with van der Waals surface area (Å²) in [5, 5.41) is 4.13. The van der Waals surface area contributed by atoms with Crippen LogP contribution in [0.4, 0.5) is 4.79 Å². The van der Waals surface area contributed by atoms with E-state index >= 15 is 0 Å². The molecule has 3 rings (SSSR count). The lowest BCUT2D eigenvalue weighted by Crippen LogP contribution is -3.00. The number of halogens is 1. The Balaban J connectivity index is 0.00000128. The largest absolute Gasteiger partial charge is 1.00 e. The van der Waals surface area contributed by atoms with Gasteiger partial charge in [0.05, 0.1) is 12.3 Å². The van der Waals surface area contributed by atoms with Crippen LogP contribution in [0.15, 0.2) is 5.10 Å². The molecule has 0 unspecified atom stereocenters. The van der Waals surface area contributed by atoms with Crippen molar-refractivity contribution in [1.29, 1.82) is 0 Å². The summed E-state index contributed by atoms with van der Waals surface area (Å²) in [6, 6.07) is 0. The number of carbonyl (C=O) groups excluding carboxylic acids is 1. The molecular weight excluding hydrogens is 230 g/mol. The molecule has 0 radical (unpaired) electrons. The fraction of sp³-hybridized carbons (Fsp3) is 0.800. The molecule has 0 aromatic carbocycles. The van der Waals surface area contributed by atoms with Crippen LogP contribution < -0.4 is 17.8 Å². The Morgan fingerprint density at radius 3 is 2.75 bits per heavy atom. The van der Waals surface area contributed by atoms with Crippen LogP contribution in [0.2, 0.25) is 0 Å². The number of hydrazone groups is 1. The first kappa shape index (κ1) is 13.3. The maximum Gasteiger partial charge on any atom is 0.427 e. The first-order chi connectivity index (χ1) is 7.29. The van der Waals surface area contributed by atoms with Gasteiger partial charge in [0.25, 0.3) is 0 Å². The quantitative estimate of drug-likeness (QED) is 0.564. The summed E-state index contributed by atoms with van der Waals surface area (Å²) in [6.45, 7) is 5.40. The number of amides is 1. The second kappa shape index (κ2) is 6.06. The first-order valence-electron chi connectivity index (χ1n) is 5.51. The van der Waals surface area contributed by atoms with Gasteiger partial charge in [-0.15, -0.1) is 0 Å². The summed E-state index contributed by atoms with van der Waals surface area (Å²) >= 11 is 0. The average molecular weight is 247 g/mol. The Kier molecular flexibility index (Phi) is 5.02. The predicted octanol–water partition coefficient (Wildman–Crippen LogP) is -2.18. The SMILES string of the molecule is CCOC(=O)N/N=C1\CN2CCC1CC2.[Cl-]. The highest BCUT2D eigenvalue weighted by molar-refractivity contribution is 5.90. The van der Waals surface area contributed by atoms with Crippen molar-refractivity contribution >= 4 is 11.8 Å². The van der Waals surface area contributed by atoms with E-state index in [4.69, 9.17) is 4.74 Å². The molecule has 16 heavy (non-hydrogen) atoms. The highest BCUT2D eigenvalue weighted by Gasteiger charge is 2.30. The minimum atomic E-state index is -0.457. The molecule has 0 aliphatic carbocycles. The lowest BCUT2D eigenvalue weighted by atomic mass is 9.87. The smallest absolute Gasteiger partial charge is 0.427 e. The van der Waals surface area contributed by atoms with Gasteiger partial charge in [0.1, 0.15) is 0 Å². The van der Waals surface area contributed by atoms with Gasteiger partial charge in [-0.3, -0.25) is 4.90 Å². The van der Waals surface area contributed by atoms with Crippen LogP contribution in [0.5, 0.6) is 0 Å². The summed E-state index contributed by atoms with van der Waals surface area (Å²) < 4.78 is 4.74. The number of nitrogens with one attached hydrogen (secondary N) is 1. The first-order valence-corrected chi connectivity index (χ1v) is 5.51. The Morgan fingerprint density at radius 2 is 2.25 bits per heavy atom. The molecule has 92 valence electrons. The number of hydrogen-bond donors (Lipinski definition) is 1. The minimum absolute atomic E-state index is 0. The maximum atomic E-state index is 11.0. The molecule has 1 amide bonds. The van der Waals surface area contributed by atoms with E-state index < -0.39 is 6.09 Å². The lowest BCUT2D eigenvalue weighted by molar-refractivity contribution is -0.00000931. The molecular formula is C10H17ClN3O2-. The molecule has 3 saturated heterocycles. The Hall–Kier alpha value is -0.810. The van der Waals surface area contributed by atoms with Crippen molar-refractivity contribution in [3.63, 3.8) is 0 Å². The van der Waals surface area contributed by atoms with E-state index in [0.717, 1.165) is 12.3 Å². The molecule has 1 N–H and O–H groups in total. The number of piperidine rings is 3. The number of nitrogens with zero attached hydrogens (tertiary/aromatic N) is 2. The average Bonchev–Trinajstić information content (AvgIpc) is 2.28. The third-order valence-electron chi connectivity index (χ3n) is 3.01. The van der Waals surface area contributed by atoms with E-state index in [1.807, 2.05) is 0 Å². The highest BCUT2D eigenvalue weighted by atomic mass is 35.5. The fourth-order valence-electron chi connectivity index (χ4n) is 2.19. The zero-order valence-corrected chi connectivity index (χ0v) is 10.2. The molecule has 3 aliphatic rings. The van der Waals surface area contributed by atoms with Gasteiger partial charge in [-0.25, -0.2) is 10.2 Å². The van der Waals surface area contributed by atoms with Crippen molar-refractivity contribution in [2.24, 2.45) is 11.0 Å². The summed E-state index contributed by atoms with van der Waals surface area (Å²) in [5.41, 5.74) is 3.54. The van der Waals surface area contributed by atoms with Crippen molar-refractivity contribution in [2.45, 2.75) is 19.8 Å². The van der Waals surface area contributed by atoms with E-state index in [2.05, 4.69) is 15.4 Å². The van der Waals surface area contributed by atoms with E-state index in [1.54, 1.807) is 6.92 Å². The summed E-state index contributed by atoms with van der Waals surface area (Å²) in [4.78, 5) is 13.4. The molecule has 0 saturated carbocycles. The van der Waals surface area contributed by atoms with Crippen LogP contribution in [0.1, 0.15) is 19.8 Å². The van der Waals surface area contributed by atoms with E-state index in [1.165, 1.54) is 25.9 Å². The number of carbonyl (C=O) groups is 1. The minimum Gasteiger partial charge on any atom is -1.00 e. The fourth-order valence-corrected chi connectivity index (χ4v) is 2.19. The monoisotopic (exact) mass is 246 g/mol. The third-order valence-corrected chi connectivity index (χ3v) is 3.01. The molecule has 0 atom stereocenters. The molecule has 3 fully saturated rings. The second-order valence-corrected chi connectivity index (χ2v) is 3.99. The second-order valence-electron chi connectivity index (χ2n) is 3.99. The highest BCUT2D eigenvalue weighted by Crippen LogP contribution is 2.24. The number of hydrogen-bond acceptors (Lipinski definition) is 4. The van der Waals surface area contributed by atoms with Gasteiger partial charge >= 0.3 is 6.09 Å². The van der Waals surface area contributed by atoms with Crippen LogP contribution in [0.25, 0.3) is 0 Å². The standard InChI is InChI=1S/C10H17N3O2.ClH/c1-2-15-10(14)12-11-9-7-13-5-3-8(9)4-6-13;/h8H,2-7H2,1H3,(H,12,14);1H/p-1/b11-9+;. The lowest BCUT2D eigenvalue weighted by Gasteiger charge is -2.39. The third kappa shape index (κ3) is 3.09. The number of fused-ring (bicyclic) bond motifs is 3. The zero-order valence-electron chi connectivity index (χ0n) is 9.41. The molecule has 0 aromatic heterocycles.